The second-order valence-electron chi connectivity index (χ2n) is 7.75. The predicted molar refractivity (Wildman–Crippen MR) is 91.9 cm³/mol. The summed E-state index contributed by atoms with van der Waals surface area (Å²) < 4.78 is 0. The fraction of sp³-hybridized carbons (Fsp3) is 0.944. The van der Waals surface area contributed by atoms with Gasteiger partial charge in [-0.25, -0.2) is 0 Å². The Balaban J connectivity index is 1.66. The Labute approximate surface area is 136 Å². The molecule has 0 aromatic carbocycles. The van der Waals surface area contributed by atoms with Crippen LogP contribution >= 0.6 is 0 Å². The van der Waals surface area contributed by atoms with Crippen LogP contribution in [0.2, 0.25) is 0 Å². The lowest BCUT2D eigenvalue weighted by Gasteiger charge is -2.36. The summed E-state index contributed by atoms with van der Waals surface area (Å²) >= 11 is 0. The number of hydrogen-bond acceptors (Lipinski definition) is 3. The average Bonchev–Trinajstić information content (AvgIpc) is 2.49. The maximum Gasteiger partial charge on any atom is 0.236 e. The lowest BCUT2D eigenvalue weighted by atomic mass is 9.89. The van der Waals surface area contributed by atoms with E-state index in [-0.39, 0.29) is 0 Å². The highest BCUT2D eigenvalue weighted by molar-refractivity contribution is 5.78. The minimum Gasteiger partial charge on any atom is -0.344 e. The Morgan fingerprint density at radius 1 is 1.05 bits per heavy atom. The van der Waals surface area contributed by atoms with Crippen LogP contribution in [-0.4, -0.2) is 73.5 Å². The minimum absolute atomic E-state index is 0.308. The van der Waals surface area contributed by atoms with Crippen LogP contribution in [-0.2, 0) is 4.79 Å². The number of hydrogen-bond donors (Lipinski definition) is 0. The van der Waals surface area contributed by atoms with Gasteiger partial charge in [0.05, 0.1) is 6.54 Å². The summed E-state index contributed by atoms with van der Waals surface area (Å²) in [6, 6.07) is 0. The molecule has 22 heavy (non-hydrogen) atoms. The van der Waals surface area contributed by atoms with Crippen molar-refractivity contribution >= 4 is 5.91 Å². The first-order valence-electron chi connectivity index (χ1n) is 9.23. The molecule has 1 saturated heterocycles. The molecule has 0 unspecified atom stereocenters. The summed E-state index contributed by atoms with van der Waals surface area (Å²) in [6.07, 6.45) is 6.71. The van der Waals surface area contributed by atoms with E-state index in [1.54, 1.807) is 0 Å². The molecule has 1 saturated carbocycles. The Morgan fingerprint density at radius 2 is 1.64 bits per heavy atom. The first kappa shape index (κ1) is 17.7. The van der Waals surface area contributed by atoms with Gasteiger partial charge in [0.25, 0.3) is 0 Å². The van der Waals surface area contributed by atoms with Gasteiger partial charge in [0.2, 0.25) is 5.91 Å². The Kier molecular flexibility index (Phi) is 7.16. The van der Waals surface area contributed by atoms with E-state index in [1.807, 2.05) is 11.9 Å². The van der Waals surface area contributed by atoms with Crippen LogP contribution in [0.3, 0.4) is 0 Å². The largest absolute Gasteiger partial charge is 0.344 e. The fourth-order valence-corrected chi connectivity index (χ4v) is 3.82. The number of rotatable bonds is 6. The van der Waals surface area contributed by atoms with E-state index in [0.717, 1.165) is 44.6 Å². The maximum absolute atomic E-state index is 12.4. The molecule has 1 aliphatic heterocycles. The summed E-state index contributed by atoms with van der Waals surface area (Å²) in [6.45, 7) is 11.6. The molecule has 4 heteroatoms. The third-order valence-corrected chi connectivity index (χ3v) is 5.13. The van der Waals surface area contributed by atoms with Crippen molar-refractivity contribution in [2.24, 2.45) is 11.8 Å². The first-order chi connectivity index (χ1) is 10.5. The van der Waals surface area contributed by atoms with Crippen molar-refractivity contribution in [3.05, 3.63) is 0 Å². The molecule has 2 rings (SSSR count). The van der Waals surface area contributed by atoms with Crippen LogP contribution in [0.5, 0.6) is 0 Å². The molecule has 0 atom stereocenters. The van der Waals surface area contributed by atoms with Crippen molar-refractivity contribution in [3.8, 4) is 0 Å². The zero-order chi connectivity index (χ0) is 15.9. The van der Waals surface area contributed by atoms with Crippen molar-refractivity contribution < 1.29 is 4.79 Å². The molecule has 1 aliphatic carbocycles. The van der Waals surface area contributed by atoms with E-state index in [1.165, 1.54) is 38.6 Å². The lowest BCUT2D eigenvalue weighted by Crippen LogP contribution is -2.50. The van der Waals surface area contributed by atoms with Crippen molar-refractivity contribution in [3.63, 3.8) is 0 Å². The van der Waals surface area contributed by atoms with E-state index in [9.17, 15) is 4.79 Å². The highest BCUT2D eigenvalue weighted by Crippen LogP contribution is 2.24. The molecule has 2 fully saturated rings. The lowest BCUT2D eigenvalue weighted by molar-refractivity contribution is -0.132. The number of piperazine rings is 1. The van der Waals surface area contributed by atoms with Crippen LogP contribution in [0.1, 0.15) is 46.0 Å². The van der Waals surface area contributed by atoms with Gasteiger partial charge in [-0.05, 0) is 24.7 Å². The highest BCUT2D eigenvalue weighted by atomic mass is 16.2. The molecule has 4 nitrogen and oxygen atoms in total. The first-order valence-corrected chi connectivity index (χ1v) is 9.23. The highest BCUT2D eigenvalue weighted by Gasteiger charge is 2.22. The molecule has 0 N–H and O–H groups in total. The van der Waals surface area contributed by atoms with Gasteiger partial charge in [0.15, 0.2) is 0 Å². The van der Waals surface area contributed by atoms with Crippen molar-refractivity contribution in [2.45, 2.75) is 46.0 Å². The van der Waals surface area contributed by atoms with Gasteiger partial charge in [0.1, 0.15) is 0 Å². The third-order valence-electron chi connectivity index (χ3n) is 5.13. The molecule has 0 aromatic rings. The molecular weight excluding hydrogens is 274 g/mol. The Hall–Kier alpha value is -0.610. The summed E-state index contributed by atoms with van der Waals surface area (Å²) in [5.41, 5.74) is 0. The number of carbonyl (C=O) groups is 1. The summed E-state index contributed by atoms with van der Waals surface area (Å²) in [7, 11) is 1.99. The number of likely N-dealkylation sites (N-methyl/N-ethyl adjacent to an activating group) is 1. The van der Waals surface area contributed by atoms with E-state index in [0.29, 0.717) is 12.5 Å². The Morgan fingerprint density at radius 3 is 2.23 bits per heavy atom. The third kappa shape index (κ3) is 5.88. The summed E-state index contributed by atoms with van der Waals surface area (Å²) in [4.78, 5) is 19.3. The zero-order valence-corrected chi connectivity index (χ0v) is 14.9. The van der Waals surface area contributed by atoms with Crippen LogP contribution < -0.4 is 0 Å². The zero-order valence-electron chi connectivity index (χ0n) is 14.9. The molecular formula is C18H35N3O. The number of carbonyl (C=O) groups excluding carboxylic acids is 1. The van der Waals surface area contributed by atoms with Crippen LogP contribution in [0.25, 0.3) is 0 Å². The second kappa shape index (κ2) is 8.88. The second-order valence-corrected chi connectivity index (χ2v) is 7.75. The summed E-state index contributed by atoms with van der Waals surface area (Å²) in [5, 5.41) is 0. The Bertz CT molecular complexity index is 331. The fourth-order valence-electron chi connectivity index (χ4n) is 3.82. The van der Waals surface area contributed by atoms with Gasteiger partial charge in [-0.15, -0.1) is 0 Å². The molecule has 1 amide bonds. The smallest absolute Gasteiger partial charge is 0.236 e. The van der Waals surface area contributed by atoms with E-state index in [2.05, 4.69) is 23.6 Å². The van der Waals surface area contributed by atoms with Crippen molar-refractivity contribution in [1.29, 1.82) is 0 Å². The number of nitrogens with zero attached hydrogens (tertiary/aromatic N) is 3. The molecule has 0 bridgehead atoms. The van der Waals surface area contributed by atoms with E-state index in [4.69, 9.17) is 0 Å². The summed E-state index contributed by atoms with van der Waals surface area (Å²) in [5.74, 6) is 1.78. The van der Waals surface area contributed by atoms with E-state index < -0.39 is 0 Å². The van der Waals surface area contributed by atoms with Crippen molar-refractivity contribution in [1.82, 2.24) is 14.7 Å². The standard InChI is InChI=1S/C18H35N3O/c1-16(2)13-20-9-11-21(12-10-20)15-18(22)19(3)14-17-7-5-4-6-8-17/h16-17H,4-15H2,1-3H3. The monoisotopic (exact) mass is 309 g/mol. The van der Waals surface area contributed by atoms with Gasteiger partial charge in [-0.2, -0.15) is 0 Å². The predicted octanol–water partition coefficient (Wildman–Crippen LogP) is 2.30. The van der Waals surface area contributed by atoms with Gasteiger partial charge >= 0.3 is 0 Å². The molecule has 2 aliphatic rings. The maximum atomic E-state index is 12.4. The quantitative estimate of drug-likeness (QED) is 0.753. The topological polar surface area (TPSA) is 26.8 Å². The van der Waals surface area contributed by atoms with Crippen molar-refractivity contribution in [2.75, 3.05) is 52.9 Å². The molecule has 0 spiro atoms. The minimum atomic E-state index is 0.308. The molecule has 0 radical (unpaired) electrons. The molecule has 1 heterocycles. The molecule has 0 aromatic heterocycles. The van der Waals surface area contributed by atoms with Crippen LogP contribution in [0, 0.1) is 11.8 Å². The number of amides is 1. The molecule has 128 valence electrons. The average molecular weight is 309 g/mol. The SMILES string of the molecule is CC(C)CN1CCN(CC(=O)N(C)CC2CCCCC2)CC1. The van der Waals surface area contributed by atoms with E-state index >= 15 is 0 Å². The van der Waals surface area contributed by atoms with Gasteiger partial charge < -0.3 is 9.80 Å². The normalized spacial score (nSPS) is 22.2. The van der Waals surface area contributed by atoms with Gasteiger partial charge in [-0.1, -0.05) is 33.1 Å². The van der Waals surface area contributed by atoms with Gasteiger partial charge in [-0.3, -0.25) is 9.69 Å². The van der Waals surface area contributed by atoms with Crippen LogP contribution in [0.4, 0.5) is 0 Å². The van der Waals surface area contributed by atoms with Gasteiger partial charge in [0, 0.05) is 46.3 Å². The van der Waals surface area contributed by atoms with Crippen LogP contribution in [0.15, 0.2) is 0 Å².